The molecule has 1 fully saturated rings. The van der Waals surface area contributed by atoms with Crippen LogP contribution in [0.3, 0.4) is 0 Å². The first-order valence-electron chi connectivity index (χ1n) is 11.7. The molecule has 0 aliphatic heterocycles. The fourth-order valence-electron chi connectivity index (χ4n) is 4.35. The number of aromatic amines is 1. The van der Waals surface area contributed by atoms with Gasteiger partial charge in [-0.25, -0.2) is 15.0 Å². The topological polar surface area (TPSA) is 99.2 Å². The van der Waals surface area contributed by atoms with Crippen molar-refractivity contribution in [2.45, 2.75) is 51.2 Å². The van der Waals surface area contributed by atoms with Gasteiger partial charge in [0.2, 0.25) is 0 Å². The summed E-state index contributed by atoms with van der Waals surface area (Å²) >= 11 is 0. The molecular formula is C25H34N6O2. The van der Waals surface area contributed by atoms with Crippen molar-refractivity contribution < 1.29 is 9.84 Å². The van der Waals surface area contributed by atoms with Crippen LogP contribution in [0.1, 0.15) is 37.8 Å². The zero-order valence-electron chi connectivity index (χ0n) is 19.7. The molecule has 176 valence electrons. The molecule has 1 aromatic carbocycles. The highest BCUT2D eigenvalue weighted by atomic mass is 16.5. The number of anilines is 1. The maximum Gasteiger partial charge on any atom is 0.162 e. The van der Waals surface area contributed by atoms with Gasteiger partial charge in [0.05, 0.1) is 12.0 Å². The first-order valence-corrected chi connectivity index (χ1v) is 11.7. The summed E-state index contributed by atoms with van der Waals surface area (Å²) in [7, 11) is 3.93. The van der Waals surface area contributed by atoms with Gasteiger partial charge in [0, 0.05) is 37.0 Å². The first kappa shape index (κ1) is 23.2. The number of rotatable bonds is 9. The lowest BCUT2D eigenvalue weighted by Gasteiger charge is -2.32. The number of aryl methyl sites for hydroxylation is 1. The second kappa shape index (κ2) is 10.8. The minimum Gasteiger partial charge on any atom is -0.491 e. The van der Waals surface area contributed by atoms with E-state index < -0.39 is 6.10 Å². The number of aliphatic hydroxyl groups is 1. The minimum atomic E-state index is -0.573. The molecular weight excluding hydrogens is 416 g/mol. The summed E-state index contributed by atoms with van der Waals surface area (Å²) in [6.45, 7) is 2.69. The van der Waals surface area contributed by atoms with Gasteiger partial charge in [-0.1, -0.05) is 31.4 Å². The number of likely N-dealkylation sites (N-methyl/N-ethyl adjacent to an activating group) is 1. The Morgan fingerprint density at radius 2 is 2.03 bits per heavy atom. The lowest BCUT2D eigenvalue weighted by atomic mass is 9.94. The van der Waals surface area contributed by atoms with E-state index in [-0.39, 0.29) is 6.61 Å². The number of benzene rings is 1. The van der Waals surface area contributed by atoms with Crippen LogP contribution in [0.25, 0.3) is 22.8 Å². The Morgan fingerprint density at radius 1 is 1.21 bits per heavy atom. The molecule has 1 saturated carbocycles. The summed E-state index contributed by atoms with van der Waals surface area (Å²) in [4.78, 5) is 19.8. The van der Waals surface area contributed by atoms with E-state index in [9.17, 15) is 5.11 Å². The van der Waals surface area contributed by atoms with E-state index in [4.69, 9.17) is 14.7 Å². The second-order valence-electron chi connectivity index (χ2n) is 8.76. The molecule has 3 aromatic rings. The van der Waals surface area contributed by atoms with E-state index in [1.54, 1.807) is 13.4 Å². The lowest BCUT2D eigenvalue weighted by Crippen LogP contribution is -2.34. The Hall–Kier alpha value is -2.97. The van der Waals surface area contributed by atoms with Gasteiger partial charge in [-0.3, -0.25) is 0 Å². The molecule has 0 spiro atoms. The predicted octanol–water partition coefficient (Wildman–Crippen LogP) is 3.57. The largest absolute Gasteiger partial charge is 0.491 e. The molecule has 0 amide bonds. The van der Waals surface area contributed by atoms with Crippen molar-refractivity contribution in [1.82, 2.24) is 25.3 Å². The van der Waals surface area contributed by atoms with Crippen LogP contribution in [0.4, 0.5) is 5.82 Å². The van der Waals surface area contributed by atoms with E-state index >= 15 is 0 Å². The molecule has 8 heteroatoms. The van der Waals surface area contributed by atoms with E-state index in [1.165, 1.54) is 32.1 Å². The normalized spacial score (nSPS) is 15.4. The Kier molecular flexibility index (Phi) is 7.57. The molecule has 8 nitrogen and oxygen atoms in total. The van der Waals surface area contributed by atoms with Crippen molar-refractivity contribution in [2.75, 3.05) is 32.1 Å². The zero-order valence-corrected chi connectivity index (χ0v) is 19.7. The van der Waals surface area contributed by atoms with E-state index in [2.05, 4.69) is 27.2 Å². The number of hydrogen-bond acceptors (Lipinski definition) is 7. The average molecular weight is 451 g/mol. The number of H-pyrrole nitrogens is 1. The maximum absolute atomic E-state index is 9.96. The Labute approximate surface area is 195 Å². The van der Waals surface area contributed by atoms with Crippen LogP contribution in [0.2, 0.25) is 0 Å². The molecule has 33 heavy (non-hydrogen) atoms. The third kappa shape index (κ3) is 5.69. The van der Waals surface area contributed by atoms with Crippen molar-refractivity contribution in [1.29, 1.82) is 0 Å². The Balaban J connectivity index is 1.67. The molecule has 1 aliphatic rings. The van der Waals surface area contributed by atoms with Gasteiger partial charge in [-0.2, -0.15) is 0 Å². The summed E-state index contributed by atoms with van der Waals surface area (Å²) in [5.41, 5.74) is 3.47. The highest BCUT2D eigenvalue weighted by molar-refractivity contribution is 5.67. The Bertz CT molecular complexity index is 1050. The Morgan fingerprint density at radius 3 is 2.76 bits per heavy atom. The van der Waals surface area contributed by atoms with Gasteiger partial charge >= 0.3 is 0 Å². The predicted molar refractivity (Wildman–Crippen MR) is 130 cm³/mol. The number of imidazole rings is 1. The summed E-state index contributed by atoms with van der Waals surface area (Å²) in [6, 6.07) is 10.2. The molecule has 1 atom stereocenters. The lowest BCUT2D eigenvalue weighted by molar-refractivity contribution is 0.108. The van der Waals surface area contributed by atoms with Gasteiger partial charge in [0.15, 0.2) is 5.82 Å². The van der Waals surface area contributed by atoms with E-state index in [0.717, 1.165) is 28.5 Å². The molecule has 1 unspecified atom stereocenters. The maximum atomic E-state index is 9.96. The zero-order chi connectivity index (χ0) is 23.2. The second-order valence-corrected chi connectivity index (χ2v) is 8.76. The van der Waals surface area contributed by atoms with Gasteiger partial charge in [-0.05, 0) is 38.9 Å². The summed E-state index contributed by atoms with van der Waals surface area (Å²) < 4.78 is 5.80. The molecule has 4 rings (SSSR count). The van der Waals surface area contributed by atoms with Gasteiger partial charge in [-0.15, -0.1) is 0 Å². The van der Waals surface area contributed by atoms with Gasteiger partial charge in [0.1, 0.15) is 30.0 Å². The summed E-state index contributed by atoms with van der Waals surface area (Å²) in [6.07, 6.45) is 7.33. The summed E-state index contributed by atoms with van der Waals surface area (Å²) in [5.74, 6) is 2.21. The molecule has 3 N–H and O–H groups in total. The number of ether oxygens (including phenoxy) is 1. The van der Waals surface area contributed by atoms with Gasteiger partial charge in [0.25, 0.3) is 0 Å². The van der Waals surface area contributed by atoms with Crippen molar-refractivity contribution in [2.24, 2.45) is 0 Å². The number of aliphatic hydroxyl groups excluding tert-OH is 1. The van der Waals surface area contributed by atoms with Crippen LogP contribution in [-0.4, -0.2) is 64.4 Å². The van der Waals surface area contributed by atoms with E-state index in [0.29, 0.717) is 24.2 Å². The fourth-order valence-corrected chi connectivity index (χ4v) is 4.35. The van der Waals surface area contributed by atoms with Crippen molar-refractivity contribution >= 4 is 5.82 Å². The van der Waals surface area contributed by atoms with Crippen LogP contribution in [0, 0.1) is 6.92 Å². The third-order valence-corrected chi connectivity index (χ3v) is 6.24. The number of aromatic nitrogens is 4. The standard InChI is InChI=1S/C25H34N6O2/c1-17-24(28-16-27-17)22-13-23(31(3)19-9-5-4-6-10-19)30-25(29-22)18-8-7-11-21(12-18)33-15-20(32)14-26-2/h7-8,11-13,16,19-20,26,32H,4-6,9-10,14-15H2,1-3H3,(H,27,28). The minimum absolute atomic E-state index is 0.216. The summed E-state index contributed by atoms with van der Waals surface area (Å²) in [5, 5.41) is 12.9. The third-order valence-electron chi connectivity index (χ3n) is 6.24. The highest BCUT2D eigenvalue weighted by Crippen LogP contribution is 2.31. The molecule has 0 saturated heterocycles. The van der Waals surface area contributed by atoms with E-state index in [1.807, 2.05) is 37.3 Å². The monoisotopic (exact) mass is 450 g/mol. The molecule has 1 aliphatic carbocycles. The molecule has 0 radical (unpaired) electrons. The fraction of sp³-hybridized carbons (Fsp3) is 0.480. The van der Waals surface area contributed by atoms with Crippen molar-refractivity contribution in [3.05, 3.63) is 42.4 Å². The average Bonchev–Trinajstić information content (AvgIpc) is 3.29. The first-order chi connectivity index (χ1) is 16.0. The SMILES string of the molecule is CNCC(O)COc1cccc(-c2nc(-c3nc[nH]c3C)cc(N(C)C3CCCCC3)n2)c1. The highest BCUT2D eigenvalue weighted by Gasteiger charge is 2.22. The quantitative estimate of drug-likeness (QED) is 0.458. The van der Waals surface area contributed by atoms with Crippen molar-refractivity contribution in [3.8, 4) is 28.5 Å². The smallest absolute Gasteiger partial charge is 0.162 e. The number of hydrogen-bond donors (Lipinski definition) is 3. The number of nitrogens with zero attached hydrogens (tertiary/aromatic N) is 4. The van der Waals surface area contributed by atoms with Crippen molar-refractivity contribution in [3.63, 3.8) is 0 Å². The van der Waals surface area contributed by atoms with Crippen LogP contribution < -0.4 is 15.0 Å². The van der Waals surface area contributed by atoms with Crippen LogP contribution in [0.5, 0.6) is 5.75 Å². The van der Waals surface area contributed by atoms with Crippen LogP contribution in [-0.2, 0) is 0 Å². The molecule has 2 aromatic heterocycles. The van der Waals surface area contributed by atoms with Crippen LogP contribution >= 0.6 is 0 Å². The van der Waals surface area contributed by atoms with Gasteiger partial charge < -0.3 is 25.0 Å². The molecule has 2 heterocycles. The number of nitrogens with one attached hydrogen (secondary N) is 2. The molecule has 0 bridgehead atoms. The van der Waals surface area contributed by atoms with Crippen LogP contribution in [0.15, 0.2) is 36.7 Å².